The molecule has 0 saturated heterocycles. The van der Waals surface area contributed by atoms with Gasteiger partial charge < -0.3 is 4.74 Å². The molecule has 35 heavy (non-hydrogen) atoms. The van der Waals surface area contributed by atoms with Crippen molar-refractivity contribution in [3.63, 3.8) is 0 Å². The van der Waals surface area contributed by atoms with Crippen molar-refractivity contribution < 1.29 is 22.3 Å². The van der Waals surface area contributed by atoms with E-state index in [-0.39, 0.29) is 15.7 Å². The predicted octanol–water partition coefficient (Wildman–Crippen LogP) is 4.58. The highest BCUT2D eigenvalue weighted by molar-refractivity contribution is 7.92. The lowest BCUT2D eigenvalue weighted by Gasteiger charge is -2.24. The molecule has 1 aromatic heterocycles. The normalized spacial score (nSPS) is 11.1. The molecule has 1 N–H and O–H groups in total. The van der Waals surface area contributed by atoms with Crippen LogP contribution >= 0.6 is 11.3 Å². The Kier molecular flexibility index (Phi) is 7.37. The van der Waals surface area contributed by atoms with Gasteiger partial charge in [-0.15, -0.1) is 10.2 Å². The maximum atomic E-state index is 13.5. The Balaban J connectivity index is 1.58. The number of aromatic nitrogens is 2. The molecule has 8 nitrogen and oxygen atoms in total. The van der Waals surface area contributed by atoms with Crippen LogP contribution in [0.2, 0.25) is 0 Å². The topological polar surface area (TPSA) is 101 Å². The van der Waals surface area contributed by atoms with Crippen molar-refractivity contribution in [2.24, 2.45) is 0 Å². The van der Waals surface area contributed by atoms with Crippen molar-refractivity contribution >= 4 is 38.1 Å². The van der Waals surface area contributed by atoms with Crippen LogP contribution in [0.3, 0.4) is 0 Å². The van der Waals surface area contributed by atoms with Crippen LogP contribution in [-0.2, 0) is 14.8 Å². The van der Waals surface area contributed by atoms with Gasteiger partial charge in [0.1, 0.15) is 23.1 Å². The molecule has 1 amide bonds. The van der Waals surface area contributed by atoms with Gasteiger partial charge in [-0.05, 0) is 55.5 Å². The number of halogens is 1. The van der Waals surface area contributed by atoms with E-state index in [0.29, 0.717) is 17.4 Å². The smallest absolute Gasteiger partial charge is 0.264 e. The highest BCUT2D eigenvalue weighted by Crippen LogP contribution is 2.28. The number of anilines is 2. The van der Waals surface area contributed by atoms with Crippen molar-refractivity contribution in [1.29, 1.82) is 0 Å². The van der Waals surface area contributed by atoms with E-state index in [1.807, 2.05) is 37.3 Å². The third-order valence-electron chi connectivity index (χ3n) is 4.82. The number of sulfonamides is 1. The molecule has 1 heterocycles. The molecule has 11 heteroatoms. The third kappa shape index (κ3) is 5.81. The summed E-state index contributed by atoms with van der Waals surface area (Å²) in [5, 5.41) is 11.5. The molecule has 0 atom stereocenters. The van der Waals surface area contributed by atoms with Gasteiger partial charge in [0.25, 0.3) is 10.0 Å². The number of carbonyl (C=O) groups is 1. The molecule has 0 saturated carbocycles. The molecular weight excluding hydrogens is 491 g/mol. The summed E-state index contributed by atoms with van der Waals surface area (Å²) in [5.74, 6) is -0.637. The first-order valence-corrected chi connectivity index (χ1v) is 12.8. The Bertz CT molecular complexity index is 1390. The first-order chi connectivity index (χ1) is 16.9. The van der Waals surface area contributed by atoms with E-state index in [2.05, 4.69) is 15.5 Å². The molecule has 3 aromatic carbocycles. The van der Waals surface area contributed by atoms with Gasteiger partial charge in [-0.1, -0.05) is 41.7 Å². The highest BCUT2D eigenvalue weighted by atomic mass is 32.2. The molecule has 180 valence electrons. The summed E-state index contributed by atoms with van der Waals surface area (Å²) in [4.78, 5) is 12.8. The van der Waals surface area contributed by atoms with Gasteiger partial charge in [0.2, 0.25) is 11.0 Å². The quantitative estimate of drug-likeness (QED) is 0.352. The Morgan fingerprint density at radius 2 is 1.69 bits per heavy atom. The Labute approximate surface area is 206 Å². The van der Waals surface area contributed by atoms with Crippen molar-refractivity contribution in [3.05, 3.63) is 84.7 Å². The van der Waals surface area contributed by atoms with E-state index in [9.17, 15) is 17.6 Å². The first kappa shape index (κ1) is 24.3. The summed E-state index contributed by atoms with van der Waals surface area (Å²) in [6.45, 7) is 1.70. The number of hydrogen-bond acceptors (Lipinski definition) is 7. The number of nitrogens with one attached hydrogen (secondary N) is 1. The predicted molar refractivity (Wildman–Crippen MR) is 133 cm³/mol. The second-order valence-electron chi connectivity index (χ2n) is 7.22. The van der Waals surface area contributed by atoms with E-state index in [0.717, 1.165) is 33.3 Å². The number of ether oxygens (including phenoxy) is 1. The van der Waals surface area contributed by atoms with Crippen LogP contribution in [0.1, 0.15) is 6.92 Å². The SMILES string of the molecule is CCOc1ccc(S(=O)(=O)N(CC(=O)Nc2nnc(-c3ccccc3)s2)c2ccc(F)cc2)cc1. The minimum atomic E-state index is -4.16. The number of nitrogens with zero attached hydrogens (tertiary/aromatic N) is 3. The standard InChI is InChI=1S/C24H21FN4O4S2/c1-2-33-20-12-14-21(15-13-20)35(31,32)29(19-10-8-18(25)9-11-19)16-22(30)26-24-28-27-23(34-24)17-6-4-3-5-7-17/h3-15H,2,16H2,1H3,(H,26,28,30). The number of rotatable bonds is 9. The molecular formula is C24H21FN4O4S2. The summed E-state index contributed by atoms with van der Waals surface area (Å²) in [6, 6.07) is 20.0. The fraction of sp³-hybridized carbons (Fsp3) is 0.125. The first-order valence-electron chi connectivity index (χ1n) is 10.6. The Hall–Kier alpha value is -3.83. The number of carbonyl (C=O) groups excluding carboxylic acids is 1. The lowest BCUT2D eigenvalue weighted by Crippen LogP contribution is -2.38. The average Bonchev–Trinajstić information content (AvgIpc) is 3.33. The van der Waals surface area contributed by atoms with Gasteiger partial charge in [0, 0.05) is 5.56 Å². The minimum Gasteiger partial charge on any atom is -0.494 e. The van der Waals surface area contributed by atoms with Gasteiger partial charge in [-0.3, -0.25) is 14.4 Å². The van der Waals surface area contributed by atoms with Crippen molar-refractivity contribution in [1.82, 2.24) is 10.2 Å². The second kappa shape index (κ2) is 10.6. The van der Waals surface area contributed by atoms with Crippen LogP contribution in [0.4, 0.5) is 15.2 Å². The van der Waals surface area contributed by atoms with Crippen LogP contribution < -0.4 is 14.4 Å². The fourth-order valence-electron chi connectivity index (χ4n) is 3.18. The Morgan fingerprint density at radius 1 is 1.00 bits per heavy atom. The third-order valence-corrected chi connectivity index (χ3v) is 7.49. The molecule has 0 unspecified atom stereocenters. The molecule has 4 rings (SSSR count). The molecule has 0 aliphatic heterocycles. The lowest BCUT2D eigenvalue weighted by molar-refractivity contribution is -0.114. The maximum absolute atomic E-state index is 13.5. The largest absolute Gasteiger partial charge is 0.494 e. The van der Waals surface area contributed by atoms with Gasteiger partial charge >= 0.3 is 0 Å². The van der Waals surface area contributed by atoms with E-state index < -0.39 is 28.3 Å². The number of hydrogen-bond donors (Lipinski definition) is 1. The van der Waals surface area contributed by atoms with Crippen LogP contribution in [-0.4, -0.2) is 37.7 Å². The van der Waals surface area contributed by atoms with E-state index in [4.69, 9.17) is 4.74 Å². The number of benzene rings is 3. The molecule has 0 bridgehead atoms. The van der Waals surface area contributed by atoms with Gasteiger partial charge in [0.05, 0.1) is 17.2 Å². The van der Waals surface area contributed by atoms with Crippen molar-refractivity contribution in [3.8, 4) is 16.3 Å². The average molecular weight is 513 g/mol. The fourth-order valence-corrected chi connectivity index (χ4v) is 5.37. The summed E-state index contributed by atoms with van der Waals surface area (Å²) < 4.78 is 46.7. The zero-order chi connectivity index (χ0) is 24.8. The van der Waals surface area contributed by atoms with E-state index in [1.54, 1.807) is 0 Å². The van der Waals surface area contributed by atoms with Crippen LogP contribution in [0.15, 0.2) is 83.8 Å². The van der Waals surface area contributed by atoms with E-state index >= 15 is 0 Å². The van der Waals surface area contributed by atoms with Crippen LogP contribution in [0, 0.1) is 5.82 Å². The number of amides is 1. The van der Waals surface area contributed by atoms with Gasteiger partial charge in [-0.2, -0.15) is 0 Å². The summed E-state index contributed by atoms with van der Waals surface area (Å²) in [7, 11) is -4.16. The summed E-state index contributed by atoms with van der Waals surface area (Å²) in [5.41, 5.74) is 0.981. The van der Waals surface area contributed by atoms with Gasteiger partial charge in [0.15, 0.2) is 0 Å². The van der Waals surface area contributed by atoms with Crippen molar-refractivity contribution in [2.75, 3.05) is 22.8 Å². The summed E-state index contributed by atoms with van der Waals surface area (Å²) in [6.07, 6.45) is 0. The second-order valence-corrected chi connectivity index (χ2v) is 10.1. The molecule has 0 radical (unpaired) electrons. The van der Waals surface area contributed by atoms with Crippen LogP contribution in [0.25, 0.3) is 10.6 Å². The minimum absolute atomic E-state index is 0.0413. The molecule has 0 aliphatic rings. The van der Waals surface area contributed by atoms with Crippen LogP contribution in [0.5, 0.6) is 5.75 Å². The highest BCUT2D eigenvalue weighted by Gasteiger charge is 2.28. The molecule has 4 aromatic rings. The molecule has 0 fully saturated rings. The van der Waals surface area contributed by atoms with Gasteiger partial charge in [-0.25, -0.2) is 12.8 Å². The zero-order valence-corrected chi connectivity index (χ0v) is 20.2. The maximum Gasteiger partial charge on any atom is 0.264 e. The monoisotopic (exact) mass is 512 g/mol. The molecule has 0 spiro atoms. The molecule has 0 aliphatic carbocycles. The summed E-state index contributed by atoms with van der Waals surface area (Å²) >= 11 is 1.16. The Morgan fingerprint density at radius 3 is 2.34 bits per heavy atom. The zero-order valence-electron chi connectivity index (χ0n) is 18.6. The lowest BCUT2D eigenvalue weighted by atomic mass is 10.2. The van der Waals surface area contributed by atoms with Crippen molar-refractivity contribution in [2.45, 2.75) is 11.8 Å². The van der Waals surface area contributed by atoms with E-state index in [1.165, 1.54) is 36.4 Å².